The number of benzene rings is 2. The number of hydrogen-bond donors (Lipinski definition) is 2. The van der Waals surface area contributed by atoms with Gasteiger partial charge in [0.1, 0.15) is 12.1 Å². The Balaban J connectivity index is 1.60. The van der Waals surface area contributed by atoms with Crippen molar-refractivity contribution < 1.29 is 18.0 Å². The summed E-state index contributed by atoms with van der Waals surface area (Å²) in [4.78, 5) is 27.8. The number of nitrogens with one attached hydrogen (secondary N) is 2. The van der Waals surface area contributed by atoms with E-state index in [1.54, 1.807) is 0 Å². The van der Waals surface area contributed by atoms with Gasteiger partial charge in [-0.25, -0.2) is 4.68 Å². The van der Waals surface area contributed by atoms with Crippen LogP contribution in [0.3, 0.4) is 0 Å². The van der Waals surface area contributed by atoms with E-state index < -0.39 is 29.8 Å². The minimum Gasteiger partial charge on any atom is -0.350 e. The van der Waals surface area contributed by atoms with Crippen LogP contribution >= 0.6 is 0 Å². The van der Waals surface area contributed by atoms with Gasteiger partial charge in [0, 0.05) is 22.0 Å². The summed E-state index contributed by atoms with van der Waals surface area (Å²) in [7, 11) is 0. The van der Waals surface area contributed by atoms with Crippen molar-refractivity contribution in [3.8, 4) is 0 Å². The molecule has 0 aliphatic heterocycles. The molecule has 142 valence electrons. The Morgan fingerprint density at radius 2 is 1.89 bits per heavy atom. The van der Waals surface area contributed by atoms with Crippen molar-refractivity contribution in [2.75, 3.05) is 5.32 Å². The zero-order chi connectivity index (χ0) is 19.9. The highest BCUT2D eigenvalue weighted by atomic mass is 19.4. The van der Waals surface area contributed by atoms with Crippen LogP contribution in [0.1, 0.15) is 5.56 Å². The van der Waals surface area contributed by atoms with Crippen molar-refractivity contribution in [3.05, 3.63) is 70.6 Å². The molecule has 28 heavy (non-hydrogen) atoms. The minimum absolute atomic E-state index is 0.0143. The number of anilines is 1. The summed E-state index contributed by atoms with van der Waals surface area (Å²) in [6.45, 7) is -0.430. The third kappa shape index (κ3) is 3.22. The highest BCUT2D eigenvalue weighted by Crippen LogP contribution is 2.30. The van der Waals surface area contributed by atoms with E-state index in [1.807, 2.05) is 24.3 Å². The first-order valence-corrected chi connectivity index (χ1v) is 8.26. The minimum atomic E-state index is -4.51. The number of para-hydroxylation sites is 1. The fourth-order valence-corrected chi connectivity index (χ4v) is 3.00. The molecule has 6 nitrogen and oxygen atoms in total. The van der Waals surface area contributed by atoms with Gasteiger partial charge in [-0.1, -0.05) is 24.3 Å². The summed E-state index contributed by atoms with van der Waals surface area (Å²) in [5.41, 5.74) is -0.307. The molecule has 0 aliphatic rings. The average Bonchev–Trinajstić information content (AvgIpc) is 3.03. The molecule has 2 heterocycles. The molecule has 4 rings (SSSR count). The van der Waals surface area contributed by atoms with Gasteiger partial charge in [0.25, 0.3) is 5.56 Å². The highest BCUT2D eigenvalue weighted by Gasteiger charge is 2.30. The Morgan fingerprint density at radius 1 is 1.11 bits per heavy atom. The molecular weight excluding hydrogens is 373 g/mol. The number of rotatable bonds is 3. The molecule has 2 aromatic carbocycles. The quantitative estimate of drug-likeness (QED) is 0.565. The number of fused-ring (bicyclic) bond motifs is 3. The maximum atomic E-state index is 12.8. The van der Waals surface area contributed by atoms with Crippen molar-refractivity contribution in [3.63, 3.8) is 0 Å². The molecule has 0 bridgehead atoms. The molecule has 0 atom stereocenters. The molecule has 0 spiro atoms. The van der Waals surface area contributed by atoms with Crippen LogP contribution < -0.4 is 10.9 Å². The standard InChI is InChI=1S/C19H13F3N4O2/c20-19(21,22)11-4-3-5-12(8-11)24-16(27)10-26-18(28)17-14(9-23-26)13-6-1-2-7-15(13)25-17/h1-9,25H,10H2,(H,24,27). The Morgan fingerprint density at radius 3 is 2.68 bits per heavy atom. The van der Waals surface area contributed by atoms with Crippen LogP contribution in [-0.2, 0) is 17.5 Å². The number of amides is 1. The number of halogens is 3. The first-order valence-electron chi connectivity index (χ1n) is 8.26. The first kappa shape index (κ1) is 17.8. The monoisotopic (exact) mass is 386 g/mol. The molecule has 0 saturated heterocycles. The molecule has 0 fully saturated rings. The summed E-state index contributed by atoms with van der Waals surface area (Å²) in [6.07, 6.45) is -3.03. The van der Waals surface area contributed by atoms with Crippen LogP contribution in [-0.4, -0.2) is 20.7 Å². The number of carbonyl (C=O) groups excluding carboxylic acids is 1. The van der Waals surface area contributed by atoms with Crippen molar-refractivity contribution in [2.24, 2.45) is 0 Å². The molecule has 2 aromatic heterocycles. The maximum absolute atomic E-state index is 12.8. The second-order valence-electron chi connectivity index (χ2n) is 6.19. The second-order valence-corrected chi connectivity index (χ2v) is 6.19. The zero-order valence-electron chi connectivity index (χ0n) is 14.2. The van der Waals surface area contributed by atoms with E-state index in [2.05, 4.69) is 15.4 Å². The van der Waals surface area contributed by atoms with E-state index in [9.17, 15) is 22.8 Å². The summed E-state index contributed by atoms with van der Waals surface area (Å²) in [5, 5.41) is 7.84. The SMILES string of the molecule is O=C(Cn1ncc2c([nH]c3ccccc32)c1=O)Nc1cccc(C(F)(F)F)c1. The number of hydrogen-bond acceptors (Lipinski definition) is 3. The Hall–Kier alpha value is -3.62. The normalized spacial score (nSPS) is 11.8. The summed E-state index contributed by atoms with van der Waals surface area (Å²) >= 11 is 0. The van der Waals surface area contributed by atoms with E-state index >= 15 is 0 Å². The van der Waals surface area contributed by atoms with Crippen LogP contribution in [0, 0.1) is 0 Å². The number of aromatic amines is 1. The van der Waals surface area contributed by atoms with Crippen LogP contribution in [0.5, 0.6) is 0 Å². The van der Waals surface area contributed by atoms with Crippen molar-refractivity contribution in [2.45, 2.75) is 12.7 Å². The van der Waals surface area contributed by atoms with E-state index in [0.717, 1.165) is 27.7 Å². The van der Waals surface area contributed by atoms with E-state index in [0.29, 0.717) is 10.9 Å². The predicted octanol–water partition coefficient (Wildman–Crippen LogP) is 3.54. The van der Waals surface area contributed by atoms with Crippen LogP contribution in [0.25, 0.3) is 21.8 Å². The van der Waals surface area contributed by atoms with E-state index in [-0.39, 0.29) is 5.69 Å². The van der Waals surface area contributed by atoms with Crippen molar-refractivity contribution >= 4 is 33.4 Å². The van der Waals surface area contributed by atoms with Gasteiger partial charge < -0.3 is 10.3 Å². The van der Waals surface area contributed by atoms with E-state index in [1.165, 1.54) is 18.3 Å². The Labute approximate surface area is 155 Å². The van der Waals surface area contributed by atoms with Gasteiger partial charge in [-0.05, 0) is 24.3 Å². The number of aromatic nitrogens is 3. The number of alkyl halides is 3. The highest BCUT2D eigenvalue weighted by molar-refractivity contribution is 6.06. The predicted molar refractivity (Wildman–Crippen MR) is 97.9 cm³/mol. The fourth-order valence-electron chi connectivity index (χ4n) is 3.00. The largest absolute Gasteiger partial charge is 0.416 e. The number of nitrogens with zero attached hydrogens (tertiary/aromatic N) is 2. The van der Waals surface area contributed by atoms with Gasteiger partial charge in [-0.3, -0.25) is 9.59 Å². The van der Waals surface area contributed by atoms with Gasteiger partial charge in [0.2, 0.25) is 5.91 Å². The van der Waals surface area contributed by atoms with Crippen molar-refractivity contribution in [1.29, 1.82) is 0 Å². The zero-order valence-corrected chi connectivity index (χ0v) is 14.2. The number of carbonyl (C=O) groups is 1. The first-order chi connectivity index (χ1) is 13.3. The summed E-state index contributed by atoms with van der Waals surface area (Å²) < 4.78 is 39.3. The Kier molecular flexibility index (Phi) is 4.14. The van der Waals surface area contributed by atoms with Gasteiger partial charge in [0.15, 0.2) is 0 Å². The van der Waals surface area contributed by atoms with Crippen LogP contribution in [0.4, 0.5) is 18.9 Å². The molecule has 1 amide bonds. The molecule has 0 aliphatic carbocycles. The topological polar surface area (TPSA) is 79.8 Å². The van der Waals surface area contributed by atoms with Gasteiger partial charge >= 0.3 is 6.18 Å². The Bertz CT molecular complexity index is 1260. The smallest absolute Gasteiger partial charge is 0.350 e. The van der Waals surface area contributed by atoms with Gasteiger partial charge in [-0.15, -0.1) is 0 Å². The lowest BCUT2D eigenvalue weighted by molar-refractivity contribution is -0.137. The summed E-state index contributed by atoms with van der Waals surface area (Å²) in [6, 6.07) is 11.6. The lowest BCUT2D eigenvalue weighted by Gasteiger charge is -2.10. The second kappa shape index (κ2) is 6.52. The van der Waals surface area contributed by atoms with Crippen LogP contribution in [0.15, 0.2) is 59.5 Å². The fraction of sp³-hybridized carbons (Fsp3) is 0.105. The number of H-pyrrole nitrogens is 1. The molecule has 2 N–H and O–H groups in total. The third-order valence-electron chi connectivity index (χ3n) is 4.29. The lowest BCUT2D eigenvalue weighted by atomic mass is 10.2. The molecule has 4 aromatic rings. The lowest BCUT2D eigenvalue weighted by Crippen LogP contribution is -2.29. The van der Waals surface area contributed by atoms with Gasteiger partial charge in [-0.2, -0.15) is 18.3 Å². The molecule has 9 heteroatoms. The van der Waals surface area contributed by atoms with Crippen molar-refractivity contribution in [1.82, 2.24) is 14.8 Å². The molecule has 0 radical (unpaired) electrons. The average molecular weight is 386 g/mol. The van der Waals surface area contributed by atoms with E-state index in [4.69, 9.17) is 0 Å². The summed E-state index contributed by atoms with van der Waals surface area (Å²) in [5.74, 6) is -0.663. The van der Waals surface area contributed by atoms with Gasteiger partial charge in [0.05, 0.1) is 11.8 Å². The maximum Gasteiger partial charge on any atom is 0.416 e. The van der Waals surface area contributed by atoms with Crippen LogP contribution in [0.2, 0.25) is 0 Å². The molecule has 0 unspecified atom stereocenters. The third-order valence-corrected chi connectivity index (χ3v) is 4.29. The molecular formula is C19H13F3N4O2. The molecule has 0 saturated carbocycles.